The molecule has 0 unspecified atom stereocenters. The number of carbonyl (C=O) groups excluding carboxylic acids is 2. The minimum absolute atomic E-state index is 0.0954. The fourth-order valence-electron chi connectivity index (χ4n) is 1.57. The molecule has 0 atom stereocenters. The van der Waals surface area contributed by atoms with Crippen molar-refractivity contribution >= 4 is 23.3 Å². The molecule has 0 saturated heterocycles. The normalized spacial score (nSPS) is 10.8. The number of aryl methyl sites for hydroxylation is 1. The summed E-state index contributed by atoms with van der Waals surface area (Å²) in [7, 11) is 0. The lowest BCUT2D eigenvalue weighted by atomic mass is 10.1. The van der Waals surface area contributed by atoms with Gasteiger partial charge in [-0.05, 0) is 19.4 Å². The van der Waals surface area contributed by atoms with E-state index < -0.39 is 23.4 Å². The van der Waals surface area contributed by atoms with Crippen LogP contribution in [0.2, 0.25) is 0 Å². The van der Waals surface area contributed by atoms with Crippen LogP contribution < -0.4 is 5.32 Å². The Balaban J connectivity index is 2.67. The summed E-state index contributed by atoms with van der Waals surface area (Å²) in [5.41, 5.74) is 0.424. The lowest BCUT2D eigenvalue weighted by Crippen LogP contribution is -2.21. The first-order valence-electron chi connectivity index (χ1n) is 6.45. The highest BCUT2D eigenvalue weighted by Gasteiger charge is 2.18. The van der Waals surface area contributed by atoms with E-state index in [4.69, 9.17) is 4.74 Å². The molecule has 1 aromatic rings. The third kappa shape index (κ3) is 5.20. The van der Waals surface area contributed by atoms with Gasteiger partial charge >= 0.3 is 5.97 Å². The first-order valence-corrected chi connectivity index (χ1v) is 6.45. The number of hydrogen-bond donors (Lipinski definition) is 1. The molecule has 116 valence electrons. The number of ether oxygens (including phenoxy) is 1. The molecule has 0 saturated carbocycles. The number of nitrogens with one attached hydrogen (secondary N) is 1. The molecule has 0 aliphatic rings. The number of benzene rings is 1. The van der Waals surface area contributed by atoms with Gasteiger partial charge in [0.1, 0.15) is 5.69 Å². The minimum atomic E-state index is -0.674. The van der Waals surface area contributed by atoms with Crippen molar-refractivity contribution in [3.8, 4) is 0 Å². The van der Waals surface area contributed by atoms with Crippen LogP contribution in [0.3, 0.4) is 0 Å². The van der Waals surface area contributed by atoms with Gasteiger partial charge in [0.25, 0.3) is 11.6 Å². The van der Waals surface area contributed by atoms with Gasteiger partial charge in [0.15, 0.2) is 6.61 Å². The Kier molecular flexibility index (Phi) is 6.49. The van der Waals surface area contributed by atoms with Gasteiger partial charge in [-0.1, -0.05) is 30.4 Å². The summed E-state index contributed by atoms with van der Waals surface area (Å²) in [6.45, 7) is 2.90. The van der Waals surface area contributed by atoms with Crippen LogP contribution in [0.1, 0.15) is 12.5 Å². The maximum Gasteiger partial charge on any atom is 0.331 e. The molecule has 22 heavy (non-hydrogen) atoms. The van der Waals surface area contributed by atoms with Crippen LogP contribution in [0.4, 0.5) is 11.4 Å². The zero-order chi connectivity index (χ0) is 16.5. The second kappa shape index (κ2) is 8.35. The average molecular weight is 304 g/mol. The zero-order valence-corrected chi connectivity index (χ0v) is 12.2. The van der Waals surface area contributed by atoms with Gasteiger partial charge in [0, 0.05) is 12.1 Å². The highest BCUT2D eigenvalue weighted by atomic mass is 16.6. The SMILES string of the molecule is C/C=C/C=C/C(=O)OCC(=O)Nc1c(C)cccc1[N+](=O)[O-]. The van der Waals surface area contributed by atoms with Crippen LogP contribution in [-0.4, -0.2) is 23.4 Å². The largest absolute Gasteiger partial charge is 0.452 e. The van der Waals surface area contributed by atoms with Crippen LogP contribution in [0.25, 0.3) is 0 Å². The molecule has 1 amide bonds. The summed E-state index contributed by atoms with van der Waals surface area (Å²) in [5, 5.41) is 13.3. The van der Waals surface area contributed by atoms with Crippen molar-refractivity contribution in [2.24, 2.45) is 0 Å². The fraction of sp³-hybridized carbons (Fsp3) is 0.200. The number of para-hydroxylation sites is 1. The fourth-order valence-corrected chi connectivity index (χ4v) is 1.57. The lowest BCUT2D eigenvalue weighted by molar-refractivity contribution is -0.384. The van der Waals surface area contributed by atoms with Crippen LogP contribution >= 0.6 is 0 Å². The van der Waals surface area contributed by atoms with E-state index in [0.29, 0.717) is 5.56 Å². The summed E-state index contributed by atoms with van der Waals surface area (Å²) in [6.07, 6.45) is 6.02. The van der Waals surface area contributed by atoms with E-state index in [9.17, 15) is 19.7 Å². The van der Waals surface area contributed by atoms with Gasteiger partial charge in [-0.3, -0.25) is 14.9 Å². The number of esters is 1. The van der Waals surface area contributed by atoms with Gasteiger partial charge in [-0.2, -0.15) is 0 Å². The van der Waals surface area contributed by atoms with E-state index in [-0.39, 0.29) is 11.4 Å². The summed E-state index contributed by atoms with van der Waals surface area (Å²) in [5.74, 6) is -1.32. The van der Waals surface area contributed by atoms with E-state index in [1.165, 1.54) is 24.3 Å². The van der Waals surface area contributed by atoms with Gasteiger partial charge in [-0.15, -0.1) is 0 Å². The smallest absolute Gasteiger partial charge is 0.331 e. The number of nitrogens with zero attached hydrogens (tertiary/aromatic N) is 1. The Morgan fingerprint density at radius 1 is 1.36 bits per heavy atom. The Hall–Kier alpha value is -2.96. The van der Waals surface area contributed by atoms with E-state index in [0.717, 1.165) is 0 Å². The molecule has 0 aliphatic heterocycles. The number of hydrogen-bond acceptors (Lipinski definition) is 5. The average Bonchev–Trinajstić information content (AvgIpc) is 2.47. The zero-order valence-electron chi connectivity index (χ0n) is 12.2. The number of carbonyl (C=O) groups is 2. The second-order valence-corrected chi connectivity index (χ2v) is 4.27. The summed E-state index contributed by atoms with van der Waals surface area (Å²) in [4.78, 5) is 33.3. The molecule has 0 heterocycles. The van der Waals surface area contributed by atoms with Crippen LogP contribution in [0.15, 0.2) is 42.5 Å². The molecular weight excluding hydrogens is 288 g/mol. The van der Waals surface area contributed by atoms with E-state index in [1.807, 2.05) is 0 Å². The maximum absolute atomic E-state index is 11.7. The predicted molar refractivity (Wildman–Crippen MR) is 81.4 cm³/mol. The first-order chi connectivity index (χ1) is 10.5. The predicted octanol–water partition coefficient (Wildman–Crippen LogP) is 2.52. The third-order valence-electron chi connectivity index (χ3n) is 2.59. The second-order valence-electron chi connectivity index (χ2n) is 4.27. The van der Waals surface area contributed by atoms with Crippen molar-refractivity contribution in [3.63, 3.8) is 0 Å². The van der Waals surface area contributed by atoms with Crippen molar-refractivity contribution in [1.82, 2.24) is 0 Å². The molecule has 1 N–H and O–H groups in total. The van der Waals surface area contributed by atoms with Gasteiger partial charge in [0.05, 0.1) is 4.92 Å². The molecule has 1 aromatic carbocycles. The number of anilines is 1. The number of nitro groups is 1. The topological polar surface area (TPSA) is 98.5 Å². The Morgan fingerprint density at radius 3 is 2.73 bits per heavy atom. The Labute approximate surface area is 127 Å². The lowest BCUT2D eigenvalue weighted by Gasteiger charge is -2.08. The maximum atomic E-state index is 11.7. The molecular formula is C15H16N2O5. The summed E-state index contributed by atoms with van der Waals surface area (Å²) in [6, 6.07) is 4.44. The summed E-state index contributed by atoms with van der Waals surface area (Å²) < 4.78 is 4.72. The van der Waals surface area contributed by atoms with Gasteiger partial charge in [0.2, 0.25) is 0 Å². The first kappa shape index (κ1) is 17.1. The van der Waals surface area contributed by atoms with E-state index in [2.05, 4.69) is 5.32 Å². The molecule has 0 bridgehead atoms. The molecule has 7 heteroatoms. The molecule has 0 aromatic heterocycles. The highest BCUT2D eigenvalue weighted by Crippen LogP contribution is 2.27. The molecule has 0 spiro atoms. The van der Waals surface area contributed by atoms with Crippen molar-refractivity contribution in [2.45, 2.75) is 13.8 Å². The van der Waals surface area contributed by atoms with Crippen molar-refractivity contribution < 1.29 is 19.2 Å². The van der Waals surface area contributed by atoms with E-state index >= 15 is 0 Å². The standard InChI is InChI=1S/C15H16N2O5/c1-3-4-5-9-14(19)22-10-13(18)16-15-11(2)7-6-8-12(15)17(20)21/h3-9H,10H2,1-2H3,(H,16,18)/b4-3+,9-5+. The number of amides is 1. The molecule has 0 radical (unpaired) electrons. The van der Waals surface area contributed by atoms with Crippen molar-refractivity contribution in [3.05, 3.63) is 58.2 Å². The quantitative estimate of drug-likeness (QED) is 0.286. The van der Waals surface area contributed by atoms with Crippen molar-refractivity contribution in [2.75, 3.05) is 11.9 Å². The minimum Gasteiger partial charge on any atom is -0.452 e. The van der Waals surface area contributed by atoms with Gasteiger partial charge < -0.3 is 10.1 Å². The van der Waals surface area contributed by atoms with Crippen LogP contribution in [0, 0.1) is 17.0 Å². The van der Waals surface area contributed by atoms with E-state index in [1.54, 1.807) is 32.1 Å². The highest BCUT2D eigenvalue weighted by molar-refractivity contribution is 5.96. The monoisotopic (exact) mass is 304 g/mol. The number of nitro benzene ring substituents is 1. The summed E-state index contributed by atoms with van der Waals surface area (Å²) >= 11 is 0. The number of allylic oxidation sites excluding steroid dienone is 3. The number of rotatable bonds is 6. The molecule has 0 fully saturated rings. The van der Waals surface area contributed by atoms with Crippen LogP contribution in [-0.2, 0) is 14.3 Å². The third-order valence-corrected chi connectivity index (χ3v) is 2.59. The van der Waals surface area contributed by atoms with Crippen LogP contribution in [0.5, 0.6) is 0 Å². The van der Waals surface area contributed by atoms with Gasteiger partial charge in [-0.25, -0.2) is 4.79 Å². The molecule has 0 aliphatic carbocycles. The molecule has 1 rings (SSSR count). The Bertz CT molecular complexity index is 635. The van der Waals surface area contributed by atoms with Crippen molar-refractivity contribution in [1.29, 1.82) is 0 Å². The Morgan fingerprint density at radius 2 is 2.09 bits per heavy atom. The molecule has 7 nitrogen and oxygen atoms in total.